The van der Waals surface area contributed by atoms with E-state index in [4.69, 9.17) is 4.74 Å². The number of carbonyl (C=O) groups excluding carboxylic acids is 1. The molecule has 1 amide bonds. The van der Waals surface area contributed by atoms with Crippen LogP contribution in [0.25, 0.3) is 0 Å². The van der Waals surface area contributed by atoms with Gasteiger partial charge in [0.25, 0.3) is 0 Å². The van der Waals surface area contributed by atoms with Gasteiger partial charge in [0.2, 0.25) is 0 Å². The highest BCUT2D eigenvalue weighted by atomic mass is 16.6. The Balaban J connectivity index is 2.62. The number of hydrogen-bond acceptors (Lipinski definition) is 3. The predicted molar refractivity (Wildman–Crippen MR) is 64.4 cm³/mol. The zero-order valence-corrected chi connectivity index (χ0v) is 10.2. The van der Waals surface area contributed by atoms with Crippen LogP contribution in [0.1, 0.15) is 20.3 Å². The van der Waals surface area contributed by atoms with E-state index in [2.05, 4.69) is 25.7 Å². The van der Waals surface area contributed by atoms with Crippen molar-refractivity contribution in [3.05, 3.63) is 12.7 Å². The highest BCUT2D eigenvalue weighted by Crippen LogP contribution is 2.14. The molecule has 0 bridgehead atoms. The van der Waals surface area contributed by atoms with Crippen LogP contribution >= 0.6 is 0 Å². The molecular weight excluding hydrogens is 204 g/mol. The summed E-state index contributed by atoms with van der Waals surface area (Å²) >= 11 is 0. The minimum absolute atomic E-state index is 0.220. The van der Waals surface area contributed by atoms with Gasteiger partial charge in [0.05, 0.1) is 0 Å². The summed E-state index contributed by atoms with van der Waals surface area (Å²) in [6.07, 6.45) is 2.35. The maximum absolute atomic E-state index is 11.9. The fourth-order valence-electron chi connectivity index (χ4n) is 1.94. The standard InChI is InChI=1S/C12H22N2O2/c1-4-8-16-12(15)14-7-5-6-13-9-11(14)10(2)3/h4,10-11,13H,1,5-9H2,2-3H3. The molecule has 1 unspecified atom stereocenters. The van der Waals surface area contributed by atoms with Crippen molar-refractivity contribution < 1.29 is 9.53 Å². The van der Waals surface area contributed by atoms with Crippen LogP contribution in [0, 0.1) is 5.92 Å². The highest BCUT2D eigenvalue weighted by Gasteiger charge is 2.28. The lowest BCUT2D eigenvalue weighted by molar-refractivity contribution is 0.0875. The minimum Gasteiger partial charge on any atom is -0.445 e. The van der Waals surface area contributed by atoms with Gasteiger partial charge in [-0.25, -0.2) is 4.79 Å². The Bertz CT molecular complexity index is 241. The summed E-state index contributed by atoms with van der Waals surface area (Å²) < 4.78 is 5.11. The van der Waals surface area contributed by atoms with Crippen molar-refractivity contribution in [2.45, 2.75) is 26.3 Å². The van der Waals surface area contributed by atoms with Crippen molar-refractivity contribution in [3.8, 4) is 0 Å². The Morgan fingerprint density at radius 2 is 2.44 bits per heavy atom. The van der Waals surface area contributed by atoms with Crippen molar-refractivity contribution in [3.63, 3.8) is 0 Å². The molecule has 0 aliphatic carbocycles. The van der Waals surface area contributed by atoms with Crippen LogP contribution in [0.4, 0.5) is 4.79 Å². The predicted octanol–water partition coefficient (Wildman–Crippen LogP) is 1.63. The number of nitrogens with zero attached hydrogens (tertiary/aromatic N) is 1. The number of ether oxygens (including phenoxy) is 1. The van der Waals surface area contributed by atoms with E-state index in [-0.39, 0.29) is 18.7 Å². The average molecular weight is 226 g/mol. The van der Waals surface area contributed by atoms with E-state index >= 15 is 0 Å². The molecule has 0 saturated carbocycles. The topological polar surface area (TPSA) is 41.6 Å². The molecule has 0 spiro atoms. The van der Waals surface area contributed by atoms with Crippen molar-refractivity contribution in [2.24, 2.45) is 5.92 Å². The van der Waals surface area contributed by atoms with E-state index in [1.807, 2.05) is 4.90 Å². The van der Waals surface area contributed by atoms with Gasteiger partial charge in [-0.1, -0.05) is 26.5 Å². The van der Waals surface area contributed by atoms with E-state index in [9.17, 15) is 4.79 Å². The third kappa shape index (κ3) is 3.52. The number of nitrogens with one attached hydrogen (secondary N) is 1. The van der Waals surface area contributed by atoms with Crippen LogP contribution in [0.2, 0.25) is 0 Å². The molecule has 92 valence electrons. The molecule has 1 aliphatic heterocycles. The molecule has 16 heavy (non-hydrogen) atoms. The fraction of sp³-hybridized carbons (Fsp3) is 0.750. The Morgan fingerprint density at radius 1 is 1.69 bits per heavy atom. The van der Waals surface area contributed by atoms with E-state index < -0.39 is 0 Å². The minimum atomic E-state index is -0.220. The molecule has 0 radical (unpaired) electrons. The summed E-state index contributed by atoms with van der Waals surface area (Å²) in [6.45, 7) is 10.7. The fourth-order valence-corrected chi connectivity index (χ4v) is 1.94. The number of hydrogen-bond donors (Lipinski definition) is 1. The monoisotopic (exact) mass is 226 g/mol. The molecule has 0 aromatic carbocycles. The summed E-state index contributed by atoms with van der Waals surface area (Å²) in [5, 5.41) is 3.35. The van der Waals surface area contributed by atoms with Gasteiger partial charge in [-0.15, -0.1) is 0 Å². The summed E-state index contributed by atoms with van der Waals surface area (Å²) in [5.74, 6) is 0.432. The van der Waals surface area contributed by atoms with Crippen LogP contribution in [0.5, 0.6) is 0 Å². The first-order valence-electron chi connectivity index (χ1n) is 5.91. The van der Waals surface area contributed by atoms with Crippen molar-refractivity contribution in [2.75, 3.05) is 26.2 Å². The molecule has 1 N–H and O–H groups in total. The number of carbonyl (C=O) groups is 1. The molecule has 1 heterocycles. The van der Waals surface area contributed by atoms with Crippen LogP contribution in [0.3, 0.4) is 0 Å². The zero-order valence-electron chi connectivity index (χ0n) is 10.2. The van der Waals surface area contributed by atoms with E-state index in [0.29, 0.717) is 5.92 Å². The Kier molecular flexibility index (Phi) is 5.32. The second kappa shape index (κ2) is 6.53. The SMILES string of the molecule is C=CCOC(=O)N1CCCNCC1C(C)C. The lowest BCUT2D eigenvalue weighted by atomic mass is 10.0. The Morgan fingerprint density at radius 3 is 3.06 bits per heavy atom. The molecule has 4 nitrogen and oxygen atoms in total. The maximum Gasteiger partial charge on any atom is 0.410 e. The summed E-state index contributed by atoms with van der Waals surface area (Å²) in [4.78, 5) is 13.7. The van der Waals surface area contributed by atoms with Gasteiger partial charge in [0.15, 0.2) is 0 Å². The smallest absolute Gasteiger partial charge is 0.410 e. The van der Waals surface area contributed by atoms with Gasteiger partial charge in [0.1, 0.15) is 6.61 Å². The molecule has 4 heteroatoms. The summed E-state index contributed by atoms with van der Waals surface area (Å²) in [7, 11) is 0. The largest absolute Gasteiger partial charge is 0.445 e. The normalized spacial score (nSPS) is 21.7. The van der Waals surface area contributed by atoms with E-state index in [0.717, 1.165) is 26.1 Å². The summed E-state index contributed by atoms with van der Waals surface area (Å²) in [5.41, 5.74) is 0. The Labute approximate surface area is 97.6 Å². The first-order chi connectivity index (χ1) is 7.66. The van der Waals surface area contributed by atoms with Gasteiger partial charge in [-0.2, -0.15) is 0 Å². The first kappa shape index (κ1) is 13.0. The zero-order chi connectivity index (χ0) is 12.0. The van der Waals surface area contributed by atoms with Gasteiger partial charge in [-0.05, 0) is 18.9 Å². The maximum atomic E-state index is 11.9. The van der Waals surface area contributed by atoms with Crippen LogP contribution < -0.4 is 5.32 Å². The van der Waals surface area contributed by atoms with Gasteiger partial charge >= 0.3 is 6.09 Å². The molecule has 1 rings (SSSR count). The average Bonchev–Trinajstić information content (AvgIpc) is 2.50. The quantitative estimate of drug-likeness (QED) is 0.744. The second-order valence-electron chi connectivity index (χ2n) is 4.43. The van der Waals surface area contributed by atoms with Crippen LogP contribution in [-0.2, 0) is 4.74 Å². The lowest BCUT2D eigenvalue weighted by Crippen LogP contribution is -2.46. The van der Waals surface area contributed by atoms with Gasteiger partial charge in [0, 0.05) is 19.1 Å². The van der Waals surface area contributed by atoms with Gasteiger partial charge in [-0.3, -0.25) is 0 Å². The molecule has 1 aliphatic rings. The summed E-state index contributed by atoms with van der Waals surface area (Å²) in [6, 6.07) is 0.222. The van der Waals surface area contributed by atoms with E-state index in [1.165, 1.54) is 0 Å². The van der Waals surface area contributed by atoms with E-state index in [1.54, 1.807) is 6.08 Å². The molecule has 1 atom stereocenters. The number of amides is 1. The lowest BCUT2D eigenvalue weighted by Gasteiger charge is -2.31. The molecule has 0 aromatic heterocycles. The molecular formula is C12H22N2O2. The van der Waals surface area contributed by atoms with Crippen LogP contribution in [-0.4, -0.2) is 43.3 Å². The first-order valence-corrected chi connectivity index (χ1v) is 5.91. The molecule has 1 fully saturated rings. The molecule has 0 aromatic rings. The highest BCUT2D eigenvalue weighted by molar-refractivity contribution is 5.68. The van der Waals surface area contributed by atoms with Crippen LogP contribution in [0.15, 0.2) is 12.7 Å². The molecule has 1 saturated heterocycles. The third-order valence-corrected chi connectivity index (χ3v) is 2.84. The number of rotatable bonds is 3. The van der Waals surface area contributed by atoms with Crippen molar-refractivity contribution >= 4 is 6.09 Å². The van der Waals surface area contributed by atoms with Crippen molar-refractivity contribution in [1.82, 2.24) is 10.2 Å². The van der Waals surface area contributed by atoms with Gasteiger partial charge < -0.3 is 15.0 Å². The third-order valence-electron chi connectivity index (χ3n) is 2.84. The van der Waals surface area contributed by atoms with Crippen molar-refractivity contribution in [1.29, 1.82) is 0 Å². The second-order valence-corrected chi connectivity index (χ2v) is 4.43. The Hall–Kier alpha value is -1.03.